The van der Waals surface area contributed by atoms with Gasteiger partial charge in [0, 0.05) is 5.69 Å². The maximum atomic E-state index is 14.3. The van der Waals surface area contributed by atoms with Crippen LogP contribution in [0.3, 0.4) is 0 Å². The molecule has 5 rings (SSSR count). The highest BCUT2D eigenvalue weighted by atomic mass is 19.1. The highest BCUT2D eigenvalue weighted by molar-refractivity contribution is 6.12. The molecular formula is C25H19FN2O3. The largest absolute Gasteiger partial charge is 0.495 e. The highest BCUT2D eigenvalue weighted by Crippen LogP contribution is 2.41. The maximum Gasteiger partial charge on any atom is 0.262 e. The van der Waals surface area contributed by atoms with Gasteiger partial charge in [-0.2, -0.15) is 0 Å². The summed E-state index contributed by atoms with van der Waals surface area (Å²) >= 11 is 0. The lowest BCUT2D eigenvalue weighted by molar-refractivity contribution is 0.0971. The summed E-state index contributed by atoms with van der Waals surface area (Å²) in [7, 11) is 1.56. The van der Waals surface area contributed by atoms with E-state index >= 15 is 0 Å². The number of carbonyl (C=O) groups excluding carboxylic acids is 1. The number of amides is 1. The molecule has 6 heteroatoms. The minimum absolute atomic E-state index is 0.187. The van der Waals surface area contributed by atoms with Crippen molar-refractivity contribution in [2.24, 2.45) is 0 Å². The fourth-order valence-corrected chi connectivity index (χ4v) is 3.84. The first kappa shape index (κ1) is 18.9. The van der Waals surface area contributed by atoms with E-state index in [4.69, 9.17) is 9.15 Å². The summed E-state index contributed by atoms with van der Waals surface area (Å²) in [6, 6.07) is 24.5. The lowest BCUT2D eigenvalue weighted by atomic mass is 10.1. The van der Waals surface area contributed by atoms with Crippen LogP contribution in [0.15, 0.2) is 89.3 Å². The van der Waals surface area contributed by atoms with E-state index in [1.165, 1.54) is 6.07 Å². The molecule has 1 aliphatic heterocycles. The van der Waals surface area contributed by atoms with Crippen LogP contribution in [-0.2, 0) is 0 Å². The number of ether oxygens (including phenoxy) is 1. The van der Waals surface area contributed by atoms with Gasteiger partial charge < -0.3 is 14.5 Å². The zero-order valence-corrected chi connectivity index (χ0v) is 16.7. The molecule has 3 aromatic carbocycles. The molecule has 0 bridgehead atoms. The summed E-state index contributed by atoms with van der Waals surface area (Å²) in [5, 5.41) is 3.39. The molecule has 5 nitrogen and oxygen atoms in total. The van der Waals surface area contributed by atoms with Crippen molar-refractivity contribution in [2.75, 3.05) is 17.3 Å². The average molecular weight is 414 g/mol. The second-order valence-electron chi connectivity index (χ2n) is 7.12. The minimum Gasteiger partial charge on any atom is -0.495 e. The van der Waals surface area contributed by atoms with Gasteiger partial charge in [-0.25, -0.2) is 4.39 Å². The topological polar surface area (TPSA) is 54.7 Å². The molecule has 0 spiro atoms. The number of carbonyl (C=O) groups is 1. The molecule has 1 amide bonds. The van der Waals surface area contributed by atoms with Gasteiger partial charge in [0.1, 0.15) is 23.1 Å². The van der Waals surface area contributed by atoms with Crippen molar-refractivity contribution in [3.63, 3.8) is 0 Å². The third kappa shape index (κ3) is 3.22. The van der Waals surface area contributed by atoms with Crippen molar-refractivity contribution in [1.29, 1.82) is 0 Å². The van der Waals surface area contributed by atoms with Gasteiger partial charge in [-0.1, -0.05) is 36.4 Å². The predicted molar refractivity (Wildman–Crippen MR) is 117 cm³/mol. The number of hydrogen-bond donors (Lipinski definition) is 1. The van der Waals surface area contributed by atoms with Crippen molar-refractivity contribution in [2.45, 2.75) is 6.17 Å². The molecule has 0 radical (unpaired) electrons. The molecular weight excluding hydrogens is 395 g/mol. The van der Waals surface area contributed by atoms with E-state index in [1.54, 1.807) is 54.5 Å². The first-order valence-corrected chi connectivity index (χ1v) is 9.84. The molecule has 0 saturated carbocycles. The number of hydrogen-bond acceptors (Lipinski definition) is 4. The maximum absolute atomic E-state index is 14.3. The Morgan fingerprint density at radius 2 is 1.61 bits per heavy atom. The molecule has 0 saturated heterocycles. The van der Waals surface area contributed by atoms with Crippen LogP contribution in [-0.4, -0.2) is 13.0 Å². The van der Waals surface area contributed by atoms with Crippen LogP contribution in [0.25, 0.3) is 11.3 Å². The number of fused-ring (bicyclic) bond motifs is 1. The minimum atomic E-state index is -0.640. The van der Waals surface area contributed by atoms with Crippen molar-refractivity contribution >= 4 is 17.3 Å². The Morgan fingerprint density at radius 3 is 2.42 bits per heavy atom. The van der Waals surface area contributed by atoms with Crippen LogP contribution >= 0.6 is 0 Å². The number of furan rings is 1. The lowest BCUT2D eigenvalue weighted by Gasteiger charge is -2.37. The van der Waals surface area contributed by atoms with E-state index in [0.29, 0.717) is 39.8 Å². The third-order valence-corrected chi connectivity index (χ3v) is 5.31. The van der Waals surface area contributed by atoms with Crippen LogP contribution < -0.4 is 15.0 Å². The van der Waals surface area contributed by atoms with Crippen LogP contribution in [0.2, 0.25) is 0 Å². The quantitative estimate of drug-likeness (QED) is 0.454. The summed E-state index contributed by atoms with van der Waals surface area (Å²) in [4.78, 5) is 15.1. The first-order valence-electron chi connectivity index (χ1n) is 9.84. The fraction of sp³-hybridized carbons (Fsp3) is 0.0800. The smallest absolute Gasteiger partial charge is 0.262 e. The zero-order chi connectivity index (χ0) is 21.4. The van der Waals surface area contributed by atoms with E-state index in [0.717, 1.165) is 0 Å². The molecule has 0 unspecified atom stereocenters. The Kier molecular flexibility index (Phi) is 4.67. The van der Waals surface area contributed by atoms with Crippen molar-refractivity contribution < 1.29 is 18.3 Å². The summed E-state index contributed by atoms with van der Waals surface area (Å²) < 4.78 is 25.8. The number of halogens is 1. The summed E-state index contributed by atoms with van der Waals surface area (Å²) in [6.45, 7) is 0. The molecule has 4 aromatic rings. The third-order valence-electron chi connectivity index (χ3n) is 5.31. The number of nitrogens with zero attached hydrogens (tertiary/aromatic N) is 1. The van der Waals surface area contributed by atoms with E-state index < -0.39 is 6.17 Å². The van der Waals surface area contributed by atoms with E-state index in [9.17, 15) is 9.18 Å². The molecule has 1 aromatic heterocycles. The Hall–Kier alpha value is -4.06. The number of nitrogens with one attached hydrogen (secondary N) is 1. The van der Waals surface area contributed by atoms with Gasteiger partial charge in [0.05, 0.1) is 23.9 Å². The molecule has 31 heavy (non-hydrogen) atoms. The number of benzene rings is 3. The second kappa shape index (κ2) is 7.65. The van der Waals surface area contributed by atoms with Crippen LogP contribution in [0, 0.1) is 5.82 Å². The molecule has 1 aliphatic rings. The van der Waals surface area contributed by atoms with Crippen LogP contribution in [0.5, 0.6) is 5.75 Å². The van der Waals surface area contributed by atoms with Gasteiger partial charge in [0.25, 0.3) is 5.91 Å². The molecule has 0 fully saturated rings. The van der Waals surface area contributed by atoms with E-state index in [1.807, 2.05) is 36.4 Å². The Balaban J connectivity index is 1.64. The van der Waals surface area contributed by atoms with E-state index in [-0.39, 0.29) is 11.7 Å². The predicted octanol–water partition coefficient (Wildman–Crippen LogP) is 5.87. The van der Waals surface area contributed by atoms with Crippen molar-refractivity contribution in [1.82, 2.24) is 0 Å². The Labute approximate surface area is 178 Å². The molecule has 154 valence electrons. The number of rotatable bonds is 4. The molecule has 1 N–H and O–H groups in total. The monoisotopic (exact) mass is 414 g/mol. The first-order chi connectivity index (χ1) is 15.2. The summed E-state index contributed by atoms with van der Waals surface area (Å²) in [6.07, 6.45) is -0.640. The fourth-order valence-electron chi connectivity index (χ4n) is 3.84. The van der Waals surface area contributed by atoms with Gasteiger partial charge in [0.15, 0.2) is 6.17 Å². The van der Waals surface area contributed by atoms with Crippen molar-refractivity contribution in [3.8, 4) is 17.1 Å². The molecule has 1 atom stereocenters. The van der Waals surface area contributed by atoms with Crippen LogP contribution in [0.1, 0.15) is 22.3 Å². The highest BCUT2D eigenvalue weighted by Gasteiger charge is 2.37. The van der Waals surface area contributed by atoms with Gasteiger partial charge >= 0.3 is 0 Å². The Bertz CT molecular complexity index is 1270. The van der Waals surface area contributed by atoms with Gasteiger partial charge in [0.2, 0.25) is 0 Å². The SMILES string of the molecule is COc1ccccc1N1C(=O)c2ccccc2N[C@H]1c1ccc(-c2ccccc2F)o1. The molecule has 2 heterocycles. The van der Waals surface area contributed by atoms with Gasteiger partial charge in [-0.3, -0.25) is 9.69 Å². The number of para-hydroxylation sites is 3. The summed E-state index contributed by atoms with van der Waals surface area (Å²) in [5.41, 5.74) is 2.21. The number of anilines is 2. The number of methoxy groups -OCH3 is 1. The van der Waals surface area contributed by atoms with Gasteiger partial charge in [-0.15, -0.1) is 0 Å². The molecule has 0 aliphatic carbocycles. The zero-order valence-electron chi connectivity index (χ0n) is 16.7. The second-order valence-corrected chi connectivity index (χ2v) is 7.12. The average Bonchev–Trinajstić information content (AvgIpc) is 3.29. The summed E-state index contributed by atoms with van der Waals surface area (Å²) in [5.74, 6) is 0.867. The van der Waals surface area contributed by atoms with Gasteiger partial charge in [-0.05, 0) is 48.5 Å². The Morgan fingerprint density at radius 1 is 0.903 bits per heavy atom. The lowest BCUT2D eigenvalue weighted by Crippen LogP contribution is -2.43. The standard InChI is InChI=1S/C25H19FN2O3/c1-30-22-13-7-6-12-20(22)28-24(27-19-11-5-3-9-17(19)25(28)29)23-15-14-21(31-23)16-8-2-4-10-18(16)26/h2-15,24,27H,1H3/t24-/m1/s1. The normalized spacial score (nSPS) is 15.4. The van der Waals surface area contributed by atoms with Crippen molar-refractivity contribution in [3.05, 3.63) is 102 Å². The van der Waals surface area contributed by atoms with E-state index in [2.05, 4.69) is 5.32 Å². The van der Waals surface area contributed by atoms with Crippen LogP contribution in [0.4, 0.5) is 15.8 Å².